The fraction of sp³-hybridized carbons (Fsp3) is 0. The second-order valence-corrected chi connectivity index (χ2v) is 15.6. The molecule has 4 heterocycles. The van der Waals surface area contributed by atoms with E-state index in [0.717, 1.165) is 33.7 Å². The molecule has 4 aromatic heterocycles. The van der Waals surface area contributed by atoms with Gasteiger partial charge >= 0.3 is 0 Å². The molecule has 6 heteroatoms. The normalized spacial score (nSPS) is 12.1. The van der Waals surface area contributed by atoms with E-state index >= 15 is 0 Å². The van der Waals surface area contributed by atoms with Crippen LogP contribution >= 0.6 is 34.0 Å². The number of rotatable bonds is 4. The summed E-state index contributed by atoms with van der Waals surface area (Å²) in [6.45, 7) is 0. The van der Waals surface area contributed by atoms with Crippen molar-refractivity contribution in [3.05, 3.63) is 146 Å². The van der Waals surface area contributed by atoms with E-state index < -0.39 is 0 Å². The van der Waals surface area contributed by atoms with E-state index in [9.17, 15) is 0 Å². The number of thiophene rings is 3. The fourth-order valence-electron chi connectivity index (χ4n) is 7.22. The van der Waals surface area contributed by atoms with Crippen LogP contribution in [0.25, 0.3) is 83.1 Å². The van der Waals surface area contributed by atoms with E-state index in [4.69, 9.17) is 9.40 Å². The Kier molecular flexibility index (Phi) is 5.87. The average molecular weight is 681 g/mol. The minimum absolute atomic E-state index is 0.650. The predicted molar refractivity (Wildman–Crippen MR) is 213 cm³/mol. The average Bonchev–Trinajstić information content (AvgIpc) is 3.92. The molecule has 11 aromatic rings. The van der Waals surface area contributed by atoms with Gasteiger partial charge in [-0.15, -0.1) is 34.0 Å². The minimum Gasteiger partial charge on any atom is -0.436 e. The molecule has 0 aliphatic heterocycles. The first-order valence-electron chi connectivity index (χ1n) is 16.2. The van der Waals surface area contributed by atoms with E-state index in [-0.39, 0.29) is 0 Å². The van der Waals surface area contributed by atoms with E-state index in [1.807, 2.05) is 64.3 Å². The van der Waals surface area contributed by atoms with Crippen LogP contribution in [0.2, 0.25) is 0 Å². The SMILES string of the molecule is c1ccc(-c2nc3cc4sc5c(N(c6ccc7sc8ccccc8c7c6)c6ccc7sc8ccccc8c7c6)cccc5c4cc3o2)cc1. The molecule has 0 saturated heterocycles. The third kappa shape index (κ3) is 4.21. The molecule has 0 radical (unpaired) electrons. The number of hydrogen-bond acceptors (Lipinski definition) is 6. The van der Waals surface area contributed by atoms with E-state index in [1.165, 1.54) is 60.5 Å². The molecule has 0 fully saturated rings. The Bertz CT molecular complexity index is 2960. The van der Waals surface area contributed by atoms with Gasteiger partial charge in [0.15, 0.2) is 5.58 Å². The summed E-state index contributed by atoms with van der Waals surface area (Å²) in [5.41, 5.74) is 6.10. The standard InChI is InChI=1S/C43H24N2OS3/c1-2-9-25(10-3-1)43-44-34-24-41-33(23-36(34)46-43)30-13-8-14-35(42(30)49-41)45(26-17-19-39-31(21-26)28-11-4-6-15-37(28)47-39)27-18-20-40-32(22-27)29-12-5-7-16-38(29)48-40/h1-24H. The maximum absolute atomic E-state index is 6.32. The van der Waals surface area contributed by atoms with Gasteiger partial charge in [0.25, 0.3) is 0 Å². The van der Waals surface area contributed by atoms with E-state index in [2.05, 4.69) is 120 Å². The number of aromatic nitrogens is 1. The van der Waals surface area contributed by atoms with Crippen molar-refractivity contribution < 1.29 is 4.42 Å². The molecule has 0 atom stereocenters. The van der Waals surface area contributed by atoms with Crippen molar-refractivity contribution in [2.75, 3.05) is 4.90 Å². The summed E-state index contributed by atoms with van der Waals surface area (Å²) in [5.74, 6) is 0.650. The second kappa shape index (κ2) is 10.5. The van der Waals surface area contributed by atoms with Crippen LogP contribution < -0.4 is 4.90 Å². The lowest BCUT2D eigenvalue weighted by Gasteiger charge is -2.26. The van der Waals surface area contributed by atoms with Crippen molar-refractivity contribution in [2.45, 2.75) is 0 Å². The van der Waals surface area contributed by atoms with Crippen molar-refractivity contribution in [3.63, 3.8) is 0 Å². The second-order valence-electron chi connectivity index (χ2n) is 12.3. The third-order valence-corrected chi connectivity index (χ3v) is 13.0. The minimum atomic E-state index is 0.650. The van der Waals surface area contributed by atoms with Gasteiger partial charge in [-0.2, -0.15) is 0 Å². The monoisotopic (exact) mass is 680 g/mol. The zero-order valence-corrected chi connectivity index (χ0v) is 28.3. The fourth-order valence-corrected chi connectivity index (χ4v) is 10.6. The Morgan fingerprint density at radius 2 is 1.04 bits per heavy atom. The summed E-state index contributed by atoms with van der Waals surface area (Å²) in [6.07, 6.45) is 0. The number of hydrogen-bond donors (Lipinski definition) is 0. The first kappa shape index (κ1) is 27.4. The lowest BCUT2D eigenvalue weighted by Crippen LogP contribution is -2.09. The molecule has 7 aromatic carbocycles. The van der Waals surface area contributed by atoms with E-state index in [1.54, 1.807) is 0 Å². The molecule has 0 aliphatic rings. The Labute approximate surface area is 292 Å². The van der Waals surface area contributed by atoms with Crippen LogP contribution in [0.4, 0.5) is 17.1 Å². The summed E-state index contributed by atoms with van der Waals surface area (Å²) in [7, 11) is 0. The van der Waals surface area contributed by atoms with Crippen molar-refractivity contribution >= 4 is 123 Å². The molecule has 3 nitrogen and oxygen atoms in total. The lowest BCUT2D eigenvalue weighted by molar-refractivity contribution is 0.620. The summed E-state index contributed by atoms with van der Waals surface area (Å²) in [5, 5.41) is 7.57. The van der Waals surface area contributed by atoms with Gasteiger partial charge in [-0.25, -0.2) is 4.98 Å². The van der Waals surface area contributed by atoms with Crippen LogP contribution in [0.3, 0.4) is 0 Å². The van der Waals surface area contributed by atoms with Gasteiger partial charge in [-0.05, 0) is 78.9 Å². The highest BCUT2D eigenvalue weighted by Crippen LogP contribution is 2.48. The quantitative estimate of drug-likeness (QED) is 0.185. The van der Waals surface area contributed by atoms with Crippen molar-refractivity contribution in [1.29, 1.82) is 0 Å². The first-order chi connectivity index (χ1) is 24.2. The number of oxazole rings is 1. The van der Waals surface area contributed by atoms with Crippen LogP contribution in [-0.4, -0.2) is 4.98 Å². The Morgan fingerprint density at radius 1 is 0.449 bits per heavy atom. The van der Waals surface area contributed by atoms with Gasteiger partial charge in [0.1, 0.15) is 5.52 Å². The highest BCUT2D eigenvalue weighted by atomic mass is 32.1. The van der Waals surface area contributed by atoms with E-state index in [0.29, 0.717) is 5.89 Å². The predicted octanol–water partition coefficient (Wildman–Crippen LogP) is 14.1. The van der Waals surface area contributed by atoms with Crippen LogP contribution in [0.15, 0.2) is 150 Å². The number of benzene rings is 7. The molecule has 0 amide bonds. The maximum Gasteiger partial charge on any atom is 0.227 e. The highest BCUT2D eigenvalue weighted by molar-refractivity contribution is 7.27. The molecule has 11 rings (SSSR count). The topological polar surface area (TPSA) is 29.3 Å². The van der Waals surface area contributed by atoms with Gasteiger partial charge in [-0.3, -0.25) is 0 Å². The molecule has 230 valence electrons. The number of nitrogens with zero attached hydrogens (tertiary/aromatic N) is 2. The zero-order valence-electron chi connectivity index (χ0n) is 25.9. The molecular formula is C43H24N2OS3. The zero-order chi connectivity index (χ0) is 32.1. The molecule has 0 bridgehead atoms. The van der Waals surface area contributed by atoms with Gasteiger partial charge in [0.05, 0.1) is 10.4 Å². The lowest BCUT2D eigenvalue weighted by atomic mass is 10.1. The third-order valence-electron chi connectivity index (χ3n) is 9.48. The Morgan fingerprint density at radius 3 is 1.73 bits per heavy atom. The van der Waals surface area contributed by atoms with Crippen molar-refractivity contribution in [2.24, 2.45) is 0 Å². The van der Waals surface area contributed by atoms with Crippen LogP contribution in [0, 0.1) is 0 Å². The molecule has 0 unspecified atom stereocenters. The Hall–Kier alpha value is -5.53. The molecule has 49 heavy (non-hydrogen) atoms. The summed E-state index contributed by atoms with van der Waals surface area (Å²) >= 11 is 5.53. The molecule has 0 spiro atoms. The first-order valence-corrected chi connectivity index (χ1v) is 18.6. The van der Waals surface area contributed by atoms with Crippen molar-refractivity contribution in [1.82, 2.24) is 4.98 Å². The largest absolute Gasteiger partial charge is 0.436 e. The maximum atomic E-state index is 6.32. The number of fused-ring (bicyclic) bond motifs is 10. The van der Waals surface area contributed by atoms with Gasteiger partial charge in [-0.1, -0.05) is 66.7 Å². The van der Waals surface area contributed by atoms with Crippen LogP contribution in [0.1, 0.15) is 0 Å². The van der Waals surface area contributed by atoms with Gasteiger partial charge in [0, 0.05) is 72.8 Å². The smallest absolute Gasteiger partial charge is 0.227 e. The van der Waals surface area contributed by atoms with Crippen molar-refractivity contribution in [3.8, 4) is 11.5 Å². The molecule has 0 aliphatic carbocycles. The van der Waals surface area contributed by atoms with Gasteiger partial charge < -0.3 is 9.32 Å². The van der Waals surface area contributed by atoms with Crippen LogP contribution in [0.5, 0.6) is 0 Å². The molecule has 0 saturated carbocycles. The Balaban J connectivity index is 1.15. The highest BCUT2D eigenvalue weighted by Gasteiger charge is 2.21. The summed E-state index contributed by atoms with van der Waals surface area (Å²) in [4.78, 5) is 7.33. The summed E-state index contributed by atoms with van der Waals surface area (Å²) in [6, 6.07) is 52.5. The molecule has 0 N–H and O–H groups in total. The van der Waals surface area contributed by atoms with Crippen LogP contribution in [-0.2, 0) is 0 Å². The number of anilines is 3. The van der Waals surface area contributed by atoms with Gasteiger partial charge in [0.2, 0.25) is 5.89 Å². The summed E-state index contributed by atoms with van der Waals surface area (Å²) < 4.78 is 14.0. The molecular weight excluding hydrogens is 657 g/mol.